The number of hydrogen-bond donors (Lipinski definition) is 0. The van der Waals surface area contributed by atoms with Crippen LogP contribution in [0.5, 0.6) is 0 Å². The summed E-state index contributed by atoms with van der Waals surface area (Å²) in [4.78, 5) is 11.6. The first-order valence-electron chi connectivity index (χ1n) is 5.90. The predicted octanol–water partition coefficient (Wildman–Crippen LogP) is 2.84. The van der Waals surface area contributed by atoms with Gasteiger partial charge in [0.2, 0.25) is 0 Å². The fraction of sp³-hybridized carbons (Fsp3) is 0.500. The molecule has 0 amide bonds. The second-order valence-corrected chi connectivity index (χ2v) is 4.70. The van der Waals surface area contributed by atoms with Crippen molar-refractivity contribution in [2.24, 2.45) is 0 Å². The first kappa shape index (κ1) is 11.2. The van der Waals surface area contributed by atoms with Crippen molar-refractivity contribution in [2.45, 2.75) is 38.5 Å². The lowest BCUT2D eigenvalue weighted by atomic mass is 9.81. The molecule has 0 N–H and O–H groups in total. The second kappa shape index (κ2) is 4.28. The molecule has 1 aliphatic rings. The Morgan fingerprint density at radius 1 is 1.44 bits per heavy atom. The third-order valence-corrected chi connectivity index (χ3v) is 3.45. The van der Waals surface area contributed by atoms with Crippen molar-refractivity contribution in [1.82, 2.24) is 0 Å². The number of rotatable bonds is 3. The van der Waals surface area contributed by atoms with Crippen LogP contribution in [0.1, 0.15) is 37.8 Å². The molecule has 0 radical (unpaired) electrons. The average molecular weight is 218 g/mol. The smallest absolute Gasteiger partial charge is 0.306 e. The van der Waals surface area contributed by atoms with E-state index in [1.165, 1.54) is 11.1 Å². The zero-order chi connectivity index (χ0) is 11.6. The van der Waals surface area contributed by atoms with Gasteiger partial charge in [0.25, 0.3) is 0 Å². The molecule has 0 aromatic heterocycles. The zero-order valence-electron chi connectivity index (χ0n) is 9.95. The maximum atomic E-state index is 11.6. The van der Waals surface area contributed by atoms with Crippen LogP contribution in [0.3, 0.4) is 0 Å². The molecule has 0 fully saturated rings. The Morgan fingerprint density at radius 3 is 2.94 bits per heavy atom. The molecule has 0 saturated carbocycles. The summed E-state index contributed by atoms with van der Waals surface area (Å²) >= 11 is 0. The summed E-state index contributed by atoms with van der Waals surface area (Å²) in [7, 11) is 0. The van der Waals surface area contributed by atoms with E-state index in [0.717, 1.165) is 12.8 Å². The number of ether oxygens (including phenoxy) is 1. The molecule has 0 saturated heterocycles. The Morgan fingerprint density at radius 2 is 2.19 bits per heavy atom. The predicted molar refractivity (Wildman–Crippen MR) is 63.4 cm³/mol. The third kappa shape index (κ3) is 1.97. The summed E-state index contributed by atoms with van der Waals surface area (Å²) in [5.41, 5.74) is 2.68. The minimum atomic E-state index is -0.0818. The number of hydrogen-bond acceptors (Lipinski definition) is 2. The maximum Gasteiger partial charge on any atom is 0.306 e. The maximum absolute atomic E-state index is 11.6. The molecule has 1 atom stereocenters. The van der Waals surface area contributed by atoms with Crippen LogP contribution >= 0.6 is 0 Å². The first-order valence-corrected chi connectivity index (χ1v) is 5.90. The van der Waals surface area contributed by atoms with Crippen molar-refractivity contribution in [3.05, 3.63) is 35.4 Å². The molecule has 2 nitrogen and oxygen atoms in total. The fourth-order valence-corrected chi connectivity index (χ4v) is 2.59. The number of fused-ring (bicyclic) bond motifs is 1. The van der Waals surface area contributed by atoms with Gasteiger partial charge in [-0.1, -0.05) is 31.2 Å². The lowest BCUT2D eigenvalue weighted by molar-refractivity contribution is -0.144. The van der Waals surface area contributed by atoms with E-state index in [-0.39, 0.29) is 11.4 Å². The van der Waals surface area contributed by atoms with Gasteiger partial charge in [-0.15, -0.1) is 0 Å². The van der Waals surface area contributed by atoms with Crippen molar-refractivity contribution in [3.8, 4) is 0 Å². The van der Waals surface area contributed by atoms with Crippen molar-refractivity contribution in [2.75, 3.05) is 6.61 Å². The van der Waals surface area contributed by atoms with Gasteiger partial charge >= 0.3 is 5.97 Å². The molecule has 0 spiro atoms. The molecule has 1 aromatic carbocycles. The van der Waals surface area contributed by atoms with Gasteiger partial charge in [-0.3, -0.25) is 4.79 Å². The summed E-state index contributed by atoms with van der Waals surface area (Å²) in [5, 5.41) is 0. The van der Waals surface area contributed by atoms with Crippen molar-refractivity contribution in [1.29, 1.82) is 0 Å². The molecule has 2 heteroatoms. The minimum Gasteiger partial charge on any atom is -0.466 e. The molecule has 0 bridgehead atoms. The van der Waals surface area contributed by atoms with Gasteiger partial charge in [0.05, 0.1) is 13.0 Å². The Kier molecular flexibility index (Phi) is 2.99. The van der Waals surface area contributed by atoms with Crippen LogP contribution < -0.4 is 0 Å². The second-order valence-electron chi connectivity index (χ2n) is 4.70. The van der Waals surface area contributed by atoms with Gasteiger partial charge in [0.15, 0.2) is 0 Å². The highest BCUT2D eigenvalue weighted by Crippen LogP contribution is 2.41. The van der Waals surface area contributed by atoms with Crippen molar-refractivity contribution in [3.63, 3.8) is 0 Å². The lowest BCUT2D eigenvalue weighted by Gasteiger charge is -2.24. The van der Waals surface area contributed by atoms with Gasteiger partial charge in [-0.05, 0) is 30.9 Å². The molecular formula is C14H18O2. The van der Waals surface area contributed by atoms with Gasteiger partial charge < -0.3 is 4.74 Å². The lowest BCUT2D eigenvalue weighted by Crippen LogP contribution is -2.24. The summed E-state index contributed by atoms with van der Waals surface area (Å²) in [6.07, 6.45) is 2.62. The molecule has 16 heavy (non-hydrogen) atoms. The van der Waals surface area contributed by atoms with Crippen LogP contribution in [-0.4, -0.2) is 12.6 Å². The number of esters is 1. The van der Waals surface area contributed by atoms with Gasteiger partial charge in [0, 0.05) is 5.41 Å². The number of carbonyl (C=O) groups is 1. The Bertz CT molecular complexity index is 397. The number of carbonyl (C=O) groups excluding carboxylic acids is 1. The summed E-state index contributed by atoms with van der Waals surface area (Å²) < 4.78 is 5.05. The van der Waals surface area contributed by atoms with E-state index in [9.17, 15) is 4.79 Å². The molecule has 0 unspecified atom stereocenters. The third-order valence-electron chi connectivity index (χ3n) is 3.45. The van der Waals surface area contributed by atoms with Gasteiger partial charge in [-0.25, -0.2) is 0 Å². The van der Waals surface area contributed by atoms with Crippen LogP contribution in [0.2, 0.25) is 0 Å². The van der Waals surface area contributed by atoms with Crippen LogP contribution in [0.15, 0.2) is 24.3 Å². The van der Waals surface area contributed by atoms with E-state index in [2.05, 4.69) is 25.1 Å². The highest BCUT2D eigenvalue weighted by atomic mass is 16.5. The van der Waals surface area contributed by atoms with E-state index in [4.69, 9.17) is 4.74 Å². The standard InChI is InChI=1S/C14H18O2/c1-3-16-13(15)10-14(2)9-8-11-6-4-5-7-12(11)14/h4-7H,3,8-10H2,1-2H3/t14-/m0/s1. The Balaban J connectivity index is 2.18. The average Bonchev–Trinajstić information content (AvgIpc) is 2.58. The molecular weight excluding hydrogens is 200 g/mol. The number of benzene rings is 1. The fourth-order valence-electron chi connectivity index (χ4n) is 2.59. The highest BCUT2D eigenvalue weighted by molar-refractivity contribution is 5.72. The van der Waals surface area contributed by atoms with Gasteiger partial charge in [0.1, 0.15) is 0 Å². The van der Waals surface area contributed by atoms with E-state index < -0.39 is 0 Å². The molecule has 1 aromatic rings. The normalized spacial score (nSPS) is 22.9. The Labute approximate surface area is 96.6 Å². The van der Waals surface area contributed by atoms with E-state index >= 15 is 0 Å². The molecule has 0 aliphatic heterocycles. The quantitative estimate of drug-likeness (QED) is 0.729. The van der Waals surface area contributed by atoms with Crippen LogP contribution in [0, 0.1) is 0 Å². The largest absolute Gasteiger partial charge is 0.466 e. The number of aryl methyl sites for hydroxylation is 1. The van der Waals surface area contributed by atoms with Crippen LogP contribution in [-0.2, 0) is 21.4 Å². The summed E-state index contributed by atoms with van der Waals surface area (Å²) in [6, 6.07) is 8.41. The summed E-state index contributed by atoms with van der Waals surface area (Å²) in [5.74, 6) is -0.0818. The van der Waals surface area contributed by atoms with E-state index in [1.54, 1.807) is 0 Å². The molecule has 1 aliphatic carbocycles. The summed E-state index contributed by atoms with van der Waals surface area (Å²) in [6.45, 7) is 4.48. The van der Waals surface area contributed by atoms with E-state index in [1.807, 2.05) is 13.0 Å². The SMILES string of the molecule is CCOC(=O)C[C@]1(C)CCc2ccccc21. The van der Waals surface area contributed by atoms with Crippen molar-refractivity contribution >= 4 is 5.97 Å². The van der Waals surface area contributed by atoms with E-state index in [0.29, 0.717) is 13.0 Å². The zero-order valence-corrected chi connectivity index (χ0v) is 9.95. The molecule has 86 valence electrons. The highest BCUT2D eigenvalue weighted by Gasteiger charge is 2.36. The molecule has 2 rings (SSSR count). The van der Waals surface area contributed by atoms with Crippen LogP contribution in [0.4, 0.5) is 0 Å². The molecule has 0 heterocycles. The first-order chi connectivity index (χ1) is 7.65. The minimum absolute atomic E-state index is 0.0250. The van der Waals surface area contributed by atoms with Crippen molar-refractivity contribution < 1.29 is 9.53 Å². The van der Waals surface area contributed by atoms with Crippen LogP contribution in [0.25, 0.3) is 0 Å². The monoisotopic (exact) mass is 218 g/mol. The van der Waals surface area contributed by atoms with Gasteiger partial charge in [-0.2, -0.15) is 0 Å². The Hall–Kier alpha value is -1.31. The topological polar surface area (TPSA) is 26.3 Å².